The van der Waals surface area contributed by atoms with Crippen molar-refractivity contribution in [2.45, 2.75) is 97.8 Å². The van der Waals surface area contributed by atoms with Gasteiger partial charge in [0.25, 0.3) is 6.71 Å². The number of nitrogens with zero attached hydrogens (tertiary/aromatic N) is 3. The van der Waals surface area contributed by atoms with Crippen molar-refractivity contribution in [1.29, 1.82) is 0 Å². The fourth-order valence-electron chi connectivity index (χ4n) is 13.3. The van der Waals surface area contributed by atoms with Gasteiger partial charge in [-0.1, -0.05) is 185 Å². The molecular formula is C73H68BN3O2. The number of benzene rings is 10. The third-order valence-electron chi connectivity index (χ3n) is 17.6. The van der Waals surface area contributed by atoms with Gasteiger partial charge in [0.1, 0.15) is 13.2 Å². The van der Waals surface area contributed by atoms with Crippen LogP contribution in [0.2, 0.25) is 0 Å². The summed E-state index contributed by atoms with van der Waals surface area (Å²) in [4.78, 5) is 7.60. The molecule has 10 aromatic rings. The molecule has 0 unspecified atom stereocenters. The minimum absolute atomic E-state index is 0.0129. The van der Waals surface area contributed by atoms with Gasteiger partial charge in [0.05, 0.1) is 5.69 Å². The summed E-state index contributed by atoms with van der Waals surface area (Å²) in [5, 5.41) is 4.96. The van der Waals surface area contributed by atoms with Gasteiger partial charge in [0, 0.05) is 57.0 Å². The Hall–Kier alpha value is -8.22. The average molecular weight is 1030 g/mol. The lowest BCUT2D eigenvalue weighted by Crippen LogP contribution is -2.61. The quantitative estimate of drug-likeness (QED) is 0.160. The van der Waals surface area contributed by atoms with Crippen molar-refractivity contribution in [3.63, 3.8) is 0 Å². The lowest BCUT2D eigenvalue weighted by molar-refractivity contribution is 0.172. The standard InChI is InChI=1S/C73H68BN3O2/c1-70(2,3)48-22-28-51(29-23-48)76-62-35-26-50(72(7,8)9)39-60(62)74-61-43-66-67(79-37-36-78-66)44-63(61)77(52-30-24-49(25-31-52)71(4,5)6)65-42-55(41-64(76)69(65)74)75(53-27-20-45-16-12-13-18-47(45)38-53)54-32-33-57-59(40-54)73(10,11)58-34-21-46-17-14-15-19-56(46)68(57)58/h12-35,38-44H,36-37H2,1-11H3. The molecule has 6 heteroatoms. The van der Waals surface area contributed by atoms with E-state index < -0.39 is 0 Å². The Morgan fingerprint density at radius 1 is 0.430 bits per heavy atom. The first-order valence-corrected chi connectivity index (χ1v) is 28.3. The zero-order chi connectivity index (χ0) is 54.5. The SMILES string of the molecule is CC(C)(C)c1ccc(N2c3ccc(C(C)(C)C)cc3B3c4cc5c(cc4N(c4ccc(C(C)(C)C)cc4)c4cc(N(c6ccc7c(c6)C(C)(C)c6ccc8ccccc8c6-7)c6ccc7ccccc7c6)cc2c43)OCCO5)cc1. The number of fused-ring (bicyclic) bond motifs is 11. The largest absolute Gasteiger partial charge is 0.486 e. The summed E-state index contributed by atoms with van der Waals surface area (Å²) in [6.45, 7) is 26.4. The molecule has 0 saturated carbocycles. The molecule has 0 aromatic heterocycles. The summed E-state index contributed by atoms with van der Waals surface area (Å²) in [5.41, 5.74) is 22.5. The number of hydrogen-bond donors (Lipinski definition) is 0. The molecule has 0 fully saturated rings. The van der Waals surface area contributed by atoms with Gasteiger partial charge in [-0.3, -0.25) is 0 Å². The molecular weight excluding hydrogens is 962 g/mol. The molecule has 1 aliphatic carbocycles. The summed E-state index contributed by atoms with van der Waals surface area (Å²) in [6.07, 6.45) is 0. The topological polar surface area (TPSA) is 28.2 Å². The molecule has 4 aliphatic rings. The first-order chi connectivity index (χ1) is 37.8. The number of hydrogen-bond acceptors (Lipinski definition) is 5. The summed E-state index contributed by atoms with van der Waals surface area (Å²) in [6, 6.07) is 71.9. The second-order valence-electron chi connectivity index (χ2n) is 26.1. The van der Waals surface area contributed by atoms with E-state index in [9.17, 15) is 0 Å². The van der Waals surface area contributed by atoms with E-state index in [-0.39, 0.29) is 28.4 Å². The summed E-state index contributed by atoms with van der Waals surface area (Å²) in [7, 11) is 0. The second kappa shape index (κ2) is 17.4. The van der Waals surface area contributed by atoms with Crippen molar-refractivity contribution >= 4 is 95.8 Å². The van der Waals surface area contributed by atoms with Gasteiger partial charge in [0.2, 0.25) is 0 Å². The van der Waals surface area contributed by atoms with Crippen LogP contribution >= 0.6 is 0 Å². The highest BCUT2D eigenvalue weighted by atomic mass is 16.6. The third-order valence-corrected chi connectivity index (χ3v) is 17.6. The van der Waals surface area contributed by atoms with E-state index in [1.807, 2.05) is 0 Å². The van der Waals surface area contributed by atoms with Crippen LogP contribution in [-0.4, -0.2) is 19.9 Å². The predicted molar refractivity (Wildman–Crippen MR) is 335 cm³/mol. The van der Waals surface area contributed by atoms with Crippen LogP contribution in [0, 0.1) is 0 Å². The second-order valence-corrected chi connectivity index (χ2v) is 26.1. The predicted octanol–water partition coefficient (Wildman–Crippen LogP) is 17.5. The zero-order valence-electron chi connectivity index (χ0n) is 47.5. The number of ether oxygens (including phenoxy) is 2. The van der Waals surface area contributed by atoms with Crippen LogP contribution in [0.25, 0.3) is 32.7 Å². The molecule has 3 heterocycles. The maximum absolute atomic E-state index is 6.52. The van der Waals surface area contributed by atoms with Gasteiger partial charge >= 0.3 is 0 Å². The van der Waals surface area contributed by atoms with Gasteiger partial charge < -0.3 is 24.2 Å². The van der Waals surface area contributed by atoms with E-state index in [0.717, 1.165) is 57.0 Å². The molecule has 390 valence electrons. The Morgan fingerprint density at radius 3 is 1.61 bits per heavy atom. The molecule has 10 aromatic carbocycles. The van der Waals surface area contributed by atoms with Gasteiger partial charge in [0.15, 0.2) is 11.5 Å². The lowest BCUT2D eigenvalue weighted by Gasteiger charge is -2.45. The van der Waals surface area contributed by atoms with Crippen molar-refractivity contribution in [3.05, 3.63) is 216 Å². The van der Waals surface area contributed by atoms with Crippen molar-refractivity contribution in [2.24, 2.45) is 0 Å². The van der Waals surface area contributed by atoms with Gasteiger partial charge in [-0.2, -0.15) is 0 Å². The minimum atomic E-state index is -0.245. The van der Waals surface area contributed by atoms with Crippen LogP contribution in [0.3, 0.4) is 0 Å². The first kappa shape index (κ1) is 49.1. The van der Waals surface area contributed by atoms with Gasteiger partial charge in [-0.05, 0) is 166 Å². The van der Waals surface area contributed by atoms with Crippen LogP contribution in [0.5, 0.6) is 11.5 Å². The van der Waals surface area contributed by atoms with E-state index >= 15 is 0 Å². The maximum atomic E-state index is 6.52. The Balaban J connectivity index is 1.09. The molecule has 79 heavy (non-hydrogen) atoms. The summed E-state index contributed by atoms with van der Waals surface area (Å²) < 4.78 is 13.0. The van der Waals surface area contributed by atoms with Crippen LogP contribution in [-0.2, 0) is 21.7 Å². The molecule has 14 rings (SSSR count). The number of anilines is 9. The average Bonchev–Trinajstić information content (AvgIpc) is 3.91. The molecule has 5 nitrogen and oxygen atoms in total. The Kier molecular flexibility index (Phi) is 10.8. The smallest absolute Gasteiger partial charge is 0.252 e. The normalized spacial score (nSPS) is 14.9. The van der Waals surface area contributed by atoms with Crippen LogP contribution < -0.4 is 40.6 Å². The summed E-state index contributed by atoms with van der Waals surface area (Å²) in [5.74, 6) is 1.56. The van der Waals surface area contributed by atoms with Crippen molar-refractivity contribution < 1.29 is 9.47 Å². The maximum Gasteiger partial charge on any atom is 0.252 e. The lowest BCUT2D eigenvalue weighted by atomic mass is 9.33. The fraction of sp³-hybridized carbons (Fsp3) is 0.233. The highest BCUT2D eigenvalue weighted by Gasteiger charge is 2.46. The molecule has 3 aliphatic heterocycles. The minimum Gasteiger partial charge on any atom is -0.486 e. The molecule has 0 N–H and O–H groups in total. The highest BCUT2D eigenvalue weighted by molar-refractivity contribution is 7.00. The zero-order valence-corrected chi connectivity index (χ0v) is 47.5. The fourth-order valence-corrected chi connectivity index (χ4v) is 13.3. The monoisotopic (exact) mass is 1030 g/mol. The van der Waals surface area contributed by atoms with E-state index in [1.54, 1.807) is 0 Å². The molecule has 0 bridgehead atoms. The van der Waals surface area contributed by atoms with Crippen molar-refractivity contribution in [1.82, 2.24) is 0 Å². The Bertz CT molecular complexity index is 4140. The summed E-state index contributed by atoms with van der Waals surface area (Å²) >= 11 is 0. The van der Waals surface area contributed by atoms with E-state index in [2.05, 4.69) is 279 Å². The van der Waals surface area contributed by atoms with E-state index in [0.29, 0.717) is 13.2 Å². The Morgan fingerprint density at radius 2 is 0.962 bits per heavy atom. The molecule has 0 atom stereocenters. The third kappa shape index (κ3) is 7.80. The first-order valence-electron chi connectivity index (χ1n) is 28.3. The van der Waals surface area contributed by atoms with Crippen LogP contribution in [0.4, 0.5) is 51.2 Å². The molecule has 0 radical (unpaired) electrons. The molecule has 0 spiro atoms. The van der Waals surface area contributed by atoms with E-state index in [1.165, 1.54) is 82.6 Å². The van der Waals surface area contributed by atoms with Gasteiger partial charge in [-0.25, -0.2) is 0 Å². The highest BCUT2D eigenvalue weighted by Crippen LogP contribution is 2.55. The van der Waals surface area contributed by atoms with Crippen molar-refractivity contribution in [3.8, 4) is 22.6 Å². The van der Waals surface area contributed by atoms with Crippen LogP contribution in [0.1, 0.15) is 104 Å². The van der Waals surface area contributed by atoms with Crippen LogP contribution in [0.15, 0.2) is 188 Å². The molecule has 0 amide bonds. The van der Waals surface area contributed by atoms with E-state index in [4.69, 9.17) is 9.47 Å². The Labute approximate surface area is 467 Å². The number of rotatable bonds is 5. The van der Waals surface area contributed by atoms with Gasteiger partial charge in [-0.15, -0.1) is 0 Å². The molecule has 0 saturated heterocycles. The van der Waals surface area contributed by atoms with Crippen molar-refractivity contribution in [2.75, 3.05) is 27.9 Å².